The van der Waals surface area contributed by atoms with Crippen LogP contribution in [0.5, 0.6) is 17.2 Å². The summed E-state index contributed by atoms with van der Waals surface area (Å²) in [6.45, 7) is 5.79. The first kappa shape index (κ1) is 26.7. The third kappa shape index (κ3) is 6.41. The van der Waals surface area contributed by atoms with E-state index < -0.39 is 48.7 Å². The zero-order valence-electron chi connectivity index (χ0n) is 19.9. The van der Waals surface area contributed by atoms with Crippen molar-refractivity contribution in [2.45, 2.75) is 64.3 Å². The predicted molar refractivity (Wildman–Crippen MR) is 126 cm³/mol. The van der Waals surface area contributed by atoms with Gasteiger partial charge in [-0.15, -0.1) is 0 Å². The standard InChI is InChI=1S/C25H32O10/c1-13(2)5-4-6-14(3)9-10-32-15-7-8-16-17(11-15)33-24(31)22(30)23(16)35-25-21(29)20(28)19(27)18(12-26)34-25/h5,7-9,11,18-21,25-30H,4,6,10,12H2,1-3H3/t18-,19-,20+,21+,25-/m1/s1. The van der Waals surface area contributed by atoms with Gasteiger partial charge in [-0.25, -0.2) is 4.79 Å². The molecule has 0 unspecified atom stereocenters. The summed E-state index contributed by atoms with van der Waals surface area (Å²) in [5, 5.41) is 49.9. The van der Waals surface area contributed by atoms with E-state index in [9.17, 15) is 30.3 Å². The summed E-state index contributed by atoms with van der Waals surface area (Å²) >= 11 is 0. The van der Waals surface area contributed by atoms with E-state index in [0.717, 1.165) is 12.8 Å². The fourth-order valence-corrected chi connectivity index (χ4v) is 3.60. The number of aliphatic hydroxyl groups is 4. The largest absolute Gasteiger partial charge is 0.499 e. The highest BCUT2D eigenvalue weighted by Gasteiger charge is 2.45. The summed E-state index contributed by atoms with van der Waals surface area (Å²) in [4.78, 5) is 12.2. The minimum absolute atomic E-state index is 0.0501. The van der Waals surface area contributed by atoms with Crippen molar-refractivity contribution < 1.29 is 44.2 Å². The Morgan fingerprint density at radius 1 is 1.09 bits per heavy atom. The van der Waals surface area contributed by atoms with Gasteiger partial charge in [-0.3, -0.25) is 0 Å². The maximum atomic E-state index is 12.2. The Balaban J connectivity index is 1.79. The smallest absolute Gasteiger partial charge is 0.382 e. The number of benzene rings is 1. The molecule has 10 heteroatoms. The molecule has 0 amide bonds. The van der Waals surface area contributed by atoms with Crippen molar-refractivity contribution >= 4 is 11.0 Å². The number of rotatable bonds is 9. The molecule has 0 saturated carbocycles. The zero-order chi connectivity index (χ0) is 25.7. The third-order valence-electron chi connectivity index (χ3n) is 5.66. The normalized spacial score (nSPS) is 24.9. The number of hydrogen-bond acceptors (Lipinski definition) is 10. The molecule has 2 aromatic rings. The summed E-state index contributed by atoms with van der Waals surface area (Å²) in [5.41, 5.74) is 1.40. The van der Waals surface area contributed by atoms with Crippen LogP contribution in [-0.2, 0) is 4.74 Å². The Morgan fingerprint density at radius 3 is 2.51 bits per heavy atom. The van der Waals surface area contributed by atoms with E-state index in [0.29, 0.717) is 12.4 Å². The van der Waals surface area contributed by atoms with E-state index in [1.165, 1.54) is 23.3 Å². The molecular formula is C25H32O10. The zero-order valence-corrected chi connectivity index (χ0v) is 19.9. The maximum Gasteiger partial charge on any atom is 0.382 e. The molecule has 2 heterocycles. The van der Waals surface area contributed by atoms with Crippen molar-refractivity contribution in [3.63, 3.8) is 0 Å². The van der Waals surface area contributed by atoms with Gasteiger partial charge in [0.2, 0.25) is 12.0 Å². The Kier molecular flexibility index (Phi) is 8.92. The lowest BCUT2D eigenvalue weighted by atomic mass is 9.99. The summed E-state index contributed by atoms with van der Waals surface area (Å²) in [6.07, 6.45) is -1.78. The summed E-state index contributed by atoms with van der Waals surface area (Å²) in [7, 11) is 0. The van der Waals surface area contributed by atoms with Crippen LogP contribution in [0.2, 0.25) is 0 Å². The van der Waals surface area contributed by atoms with E-state index in [1.54, 1.807) is 6.07 Å². The van der Waals surface area contributed by atoms with Crippen LogP contribution in [0.4, 0.5) is 0 Å². The van der Waals surface area contributed by atoms with Crippen LogP contribution in [-0.4, -0.2) is 69.5 Å². The summed E-state index contributed by atoms with van der Waals surface area (Å²) < 4.78 is 21.7. The number of allylic oxidation sites excluding steroid dienone is 3. The molecule has 0 radical (unpaired) electrons. The molecule has 1 aliphatic heterocycles. The molecule has 1 aromatic carbocycles. The number of fused-ring (bicyclic) bond motifs is 1. The van der Waals surface area contributed by atoms with Crippen LogP contribution in [0.15, 0.2) is 50.7 Å². The molecule has 0 aliphatic carbocycles. The second-order valence-electron chi connectivity index (χ2n) is 8.72. The molecular weight excluding hydrogens is 460 g/mol. The second-order valence-corrected chi connectivity index (χ2v) is 8.72. The van der Waals surface area contributed by atoms with Crippen LogP contribution >= 0.6 is 0 Å². The fraction of sp³-hybridized carbons (Fsp3) is 0.480. The van der Waals surface area contributed by atoms with Gasteiger partial charge in [0.05, 0.1) is 12.0 Å². The first-order chi connectivity index (χ1) is 16.6. The minimum Gasteiger partial charge on any atom is -0.499 e. The SMILES string of the molecule is CC(C)=CCCC(C)=CCOc1ccc2c(O[C@H]3O[C@H](CO)[C@@H](O)[C@H](O)[C@@H]3O)c(O)c(=O)oc2c1. The lowest BCUT2D eigenvalue weighted by molar-refractivity contribution is -0.277. The van der Waals surface area contributed by atoms with Crippen LogP contribution < -0.4 is 15.1 Å². The predicted octanol–water partition coefficient (Wildman–Crippen LogP) is 1.75. The first-order valence-electron chi connectivity index (χ1n) is 11.3. The van der Waals surface area contributed by atoms with E-state index in [1.807, 2.05) is 13.0 Å². The van der Waals surface area contributed by atoms with Gasteiger partial charge in [-0.2, -0.15) is 0 Å². The lowest BCUT2D eigenvalue weighted by Crippen LogP contribution is -2.60. The topological polar surface area (TPSA) is 159 Å². The van der Waals surface area contributed by atoms with Gasteiger partial charge < -0.3 is 44.2 Å². The van der Waals surface area contributed by atoms with Gasteiger partial charge in [0.1, 0.15) is 42.4 Å². The van der Waals surface area contributed by atoms with Crippen molar-refractivity contribution in [1.82, 2.24) is 0 Å². The Hall–Kier alpha value is -2.89. The van der Waals surface area contributed by atoms with Crippen LogP contribution in [0.1, 0.15) is 33.6 Å². The van der Waals surface area contributed by atoms with Crippen LogP contribution in [0.3, 0.4) is 0 Å². The molecule has 3 rings (SSSR count). The molecule has 192 valence electrons. The maximum absolute atomic E-state index is 12.2. The molecule has 1 saturated heterocycles. The fourth-order valence-electron chi connectivity index (χ4n) is 3.60. The van der Waals surface area contributed by atoms with Gasteiger partial charge in [0.25, 0.3) is 0 Å². The number of hydrogen-bond donors (Lipinski definition) is 5. The molecule has 1 fully saturated rings. The molecule has 1 aliphatic rings. The monoisotopic (exact) mass is 492 g/mol. The third-order valence-corrected chi connectivity index (χ3v) is 5.66. The highest BCUT2D eigenvalue weighted by Crippen LogP contribution is 2.36. The molecule has 5 atom stereocenters. The quantitative estimate of drug-likeness (QED) is 0.258. The number of aliphatic hydroxyl groups excluding tert-OH is 4. The molecule has 0 bridgehead atoms. The molecule has 35 heavy (non-hydrogen) atoms. The Morgan fingerprint density at radius 2 is 1.83 bits per heavy atom. The van der Waals surface area contributed by atoms with E-state index in [2.05, 4.69) is 19.9 Å². The van der Waals surface area contributed by atoms with E-state index >= 15 is 0 Å². The van der Waals surface area contributed by atoms with Crippen LogP contribution in [0.25, 0.3) is 11.0 Å². The van der Waals surface area contributed by atoms with Gasteiger partial charge in [-0.1, -0.05) is 17.2 Å². The summed E-state index contributed by atoms with van der Waals surface area (Å²) in [5.74, 6) is -0.793. The number of ether oxygens (including phenoxy) is 3. The Bertz CT molecular complexity index is 1130. The highest BCUT2D eigenvalue weighted by molar-refractivity contribution is 5.86. The van der Waals surface area contributed by atoms with Gasteiger partial charge in [0.15, 0.2) is 5.75 Å². The van der Waals surface area contributed by atoms with Gasteiger partial charge in [0, 0.05) is 6.07 Å². The lowest BCUT2D eigenvalue weighted by Gasteiger charge is -2.39. The van der Waals surface area contributed by atoms with Crippen molar-refractivity contribution in [2.75, 3.05) is 13.2 Å². The van der Waals surface area contributed by atoms with Crippen molar-refractivity contribution in [3.05, 3.63) is 51.9 Å². The van der Waals surface area contributed by atoms with Crippen molar-refractivity contribution in [1.29, 1.82) is 0 Å². The van der Waals surface area contributed by atoms with E-state index in [-0.39, 0.29) is 16.7 Å². The molecule has 0 spiro atoms. The van der Waals surface area contributed by atoms with Crippen LogP contribution in [0, 0.1) is 0 Å². The summed E-state index contributed by atoms with van der Waals surface area (Å²) in [6, 6.07) is 4.55. The minimum atomic E-state index is -1.72. The van der Waals surface area contributed by atoms with E-state index in [4.69, 9.17) is 18.6 Å². The van der Waals surface area contributed by atoms with Crippen molar-refractivity contribution in [2.24, 2.45) is 0 Å². The van der Waals surface area contributed by atoms with Crippen molar-refractivity contribution in [3.8, 4) is 17.2 Å². The molecule has 10 nitrogen and oxygen atoms in total. The first-order valence-corrected chi connectivity index (χ1v) is 11.3. The second kappa shape index (κ2) is 11.7. The van der Waals surface area contributed by atoms with Gasteiger partial charge in [-0.05, 0) is 51.8 Å². The highest BCUT2D eigenvalue weighted by atomic mass is 16.7. The average molecular weight is 493 g/mol. The average Bonchev–Trinajstić information content (AvgIpc) is 2.81. The Labute approximate surface area is 202 Å². The number of aromatic hydroxyl groups is 1. The van der Waals surface area contributed by atoms with Gasteiger partial charge >= 0.3 is 5.63 Å². The molecule has 1 aromatic heterocycles. The molecule has 5 N–H and O–H groups in total.